The van der Waals surface area contributed by atoms with Crippen LogP contribution < -0.4 is 5.73 Å². The van der Waals surface area contributed by atoms with Crippen molar-refractivity contribution in [3.05, 3.63) is 28.5 Å². The van der Waals surface area contributed by atoms with E-state index in [1.165, 1.54) is 6.20 Å². The Morgan fingerprint density at radius 2 is 2.15 bits per heavy atom. The predicted octanol–water partition coefficient (Wildman–Crippen LogP) is 1.98. The molecule has 0 bridgehead atoms. The van der Waals surface area contributed by atoms with Gasteiger partial charge >= 0.3 is 0 Å². The summed E-state index contributed by atoms with van der Waals surface area (Å²) in [6.45, 7) is -0.639. The van der Waals surface area contributed by atoms with Gasteiger partial charge in [0.25, 0.3) is 5.92 Å². The molecule has 2 N–H and O–H groups in total. The van der Waals surface area contributed by atoms with Gasteiger partial charge in [-0.2, -0.15) is 0 Å². The molecule has 0 radical (unpaired) electrons. The standard InChI is InChI=1S/C8H9BrF2N2/c9-7-1-6(3-13-4-7)2-8(10,11)5-12/h1,3-4H,2,5,12H2. The molecule has 0 aliphatic carbocycles. The molecular weight excluding hydrogens is 242 g/mol. The van der Waals surface area contributed by atoms with Crippen LogP contribution in [0.5, 0.6) is 0 Å². The lowest BCUT2D eigenvalue weighted by atomic mass is 10.1. The van der Waals surface area contributed by atoms with Crippen molar-refractivity contribution in [2.24, 2.45) is 5.73 Å². The lowest BCUT2D eigenvalue weighted by Crippen LogP contribution is -2.30. The molecule has 0 aliphatic heterocycles. The van der Waals surface area contributed by atoms with Crippen molar-refractivity contribution in [3.63, 3.8) is 0 Å². The van der Waals surface area contributed by atoms with E-state index in [-0.39, 0.29) is 6.42 Å². The molecule has 0 unspecified atom stereocenters. The second-order valence-electron chi connectivity index (χ2n) is 2.75. The lowest BCUT2D eigenvalue weighted by Gasteiger charge is -2.13. The van der Waals surface area contributed by atoms with Crippen LogP contribution in [-0.4, -0.2) is 17.5 Å². The van der Waals surface area contributed by atoms with E-state index in [9.17, 15) is 8.78 Å². The molecule has 0 saturated carbocycles. The minimum Gasteiger partial charge on any atom is -0.325 e. The van der Waals surface area contributed by atoms with E-state index in [2.05, 4.69) is 20.9 Å². The average Bonchev–Trinajstić information content (AvgIpc) is 2.03. The Bertz CT molecular complexity index is 291. The third-order valence-corrected chi connectivity index (χ3v) is 1.96. The summed E-state index contributed by atoms with van der Waals surface area (Å²) in [7, 11) is 0. The maximum atomic E-state index is 12.8. The Hall–Kier alpha value is -0.550. The molecule has 1 aromatic heterocycles. The van der Waals surface area contributed by atoms with E-state index in [1.807, 2.05) is 0 Å². The second kappa shape index (κ2) is 4.11. The monoisotopic (exact) mass is 250 g/mol. The molecule has 2 nitrogen and oxygen atoms in total. The number of alkyl halides is 2. The zero-order valence-electron chi connectivity index (χ0n) is 6.80. The molecule has 1 rings (SSSR count). The summed E-state index contributed by atoms with van der Waals surface area (Å²) in [4.78, 5) is 3.78. The molecule has 0 spiro atoms. The number of hydrogen-bond acceptors (Lipinski definition) is 2. The van der Waals surface area contributed by atoms with Gasteiger partial charge in [-0.25, -0.2) is 8.78 Å². The number of rotatable bonds is 3. The highest BCUT2D eigenvalue weighted by molar-refractivity contribution is 9.10. The summed E-state index contributed by atoms with van der Waals surface area (Å²) >= 11 is 3.15. The van der Waals surface area contributed by atoms with Gasteiger partial charge in [-0.3, -0.25) is 4.98 Å². The van der Waals surface area contributed by atoms with Crippen LogP contribution in [0.2, 0.25) is 0 Å². The number of nitrogens with zero attached hydrogens (tertiary/aromatic N) is 1. The summed E-state index contributed by atoms with van der Waals surface area (Å²) in [5.41, 5.74) is 5.39. The van der Waals surface area contributed by atoms with E-state index in [1.54, 1.807) is 12.3 Å². The Balaban J connectivity index is 2.74. The first-order valence-electron chi connectivity index (χ1n) is 3.71. The first-order valence-corrected chi connectivity index (χ1v) is 4.50. The molecule has 13 heavy (non-hydrogen) atoms. The fraction of sp³-hybridized carbons (Fsp3) is 0.375. The lowest BCUT2D eigenvalue weighted by molar-refractivity contribution is 0.0114. The Morgan fingerprint density at radius 1 is 1.46 bits per heavy atom. The molecule has 0 saturated heterocycles. The van der Waals surface area contributed by atoms with Crippen LogP contribution >= 0.6 is 15.9 Å². The third kappa shape index (κ3) is 3.36. The second-order valence-corrected chi connectivity index (χ2v) is 3.66. The summed E-state index contributed by atoms with van der Waals surface area (Å²) in [6, 6.07) is 1.61. The van der Waals surface area contributed by atoms with Gasteiger partial charge in [0, 0.05) is 23.3 Å². The molecule has 0 aliphatic rings. The summed E-state index contributed by atoms with van der Waals surface area (Å²) < 4.78 is 26.3. The molecule has 0 aromatic carbocycles. The zero-order valence-corrected chi connectivity index (χ0v) is 8.39. The van der Waals surface area contributed by atoms with E-state index in [0.29, 0.717) is 10.0 Å². The van der Waals surface area contributed by atoms with Crippen LogP contribution in [0, 0.1) is 0 Å². The fourth-order valence-electron chi connectivity index (χ4n) is 0.923. The smallest absolute Gasteiger partial charge is 0.264 e. The highest BCUT2D eigenvalue weighted by Gasteiger charge is 2.27. The van der Waals surface area contributed by atoms with Gasteiger partial charge in [-0.1, -0.05) is 0 Å². The highest BCUT2D eigenvalue weighted by atomic mass is 79.9. The number of hydrogen-bond donors (Lipinski definition) is 1. The van der Waals surface area contributed by atoms with Crippen LogP contribution in [0.3, 0.4) is 0 Å². The minimum atomic E-state index is -2.84. The molecule has 1 heterocycles. The van der Waals surface area contributed by atoms with E-state index < -0.39 is 12.5 Å². The van der Waals surface area contributed by atoms with Crippen molar-refractivity contribution in [1.29, 1.82) is 0 Å². The quantitative estimate of drug-likeness (QED) is 0.892. The Labute approximate surface area is 83.3 Å². The third-order valence-electron chi connectivity index (χ3n) is 1.52. The van der Waals surface area contributed by atoms with Crippen molar-refractivity contribution in [2.75, 3.05) is 6.54 Å². The van der Waals surface area contributed by atoms with Crippen LogP contribution in [0.25, 0.3) is 0 Å². The molecule has 0 atom stereocenters. The van der Waals surface area contributed by atoms with Gasteiger partial charge in [0.1, 0.15) is 0 Å². The average molecular weight is 251 g/mol. The summed E-state index contributed by atoms with van der Waals surface area (Å²) in [5.74, 6) is -2.84. The Kier molecular flexibility index (Phi) is 3.33. The molecule has 1 aromatic rings. The van der Waals surface area contributed by atoms with Gasteiger partial charge in [-0.05, 0) is 27.6 Å². The van der Waals surface area contributed by atoms with Crippen molar-refractivity contribution < 1.29 is 8.78 Å². The minimum absolute atomic E-state index is 0.365. The molecule has 0 fully saturated rings. The van der Waals surface area contributed by atoms with E-state index in [0.717, 1.165) is 0 Å². The van der Waals surface area contributed by atoms with Gasteiger partial charge < -0.3 is 5.73 Å². The normalized spacial score (nSPS) is 11.7. The highest BCUT2D eigenvalue weighted by Crippen LogP contribution is 2.19. The van der Waals surface area contributed by atoms with Crippen molar-refractivity contribution in [1.82, 2.24) is 4.98 Å². The topological polar surface area (TPSA) is 38.9 Å². The van der Waals surface area contributed by atoms with E-state index in [4.69, 9.17) is 5.73 Å². The van der Waals surface area contributed by atoms with Crippen molar-refractivity contribution >= 4 is 15.9 Å². The number of halogens is 3. The van der Waals surface area contributed by atoms with Gasteiger partial charge in [0.15, 0.2) is 0 Å². The maximum Gasteiger partial charge on any atom is 0.264 e. The molecule has 0 amide bonds. The van der Waals surface area contributed by atoms with Crippen molar-refractivity contribution in [3.8, 4) is 0 Å². The van der Waals surface area contributed by atoms with Crippen LogP contribution in [0.1, 0.15) is 5.56 Å². The van der Waals surface area contributed by atoms with E-state index >= 15 is 0 Å². The van der Waals surface area contributed by atoms with Crippen LogP contribution in [0.15, 0.2) is 22.9 Å². The van der Waals surface area contributed by atoms with Crippen molar-refractivity contribution in [2.45, 2.75) is 12.3 Å². The first kappa shape index (κ1) is 10.5. The summed E-state index contributed by atoms with van der Waals surface area (Å²) in [5, 5.41) is 0. The van der Waals surface area contributed by atoms with Gasteiger partial charge in [-0.15, -0.1) is 0 Å². The Morgan fingerprint density at radius 3 is 2.69 bits per heavy atom. The fourth-order valence-corrected chi connectivity index (χ4v) is 1.34. The number of aromatic nitrogens is 1. The maximum absolute atomic E-state index is 12.8. The van der Waals surface area contributed by atoms with Crippen LogP contribution in [0.4, 0.5) is 8.78 Å². The molecule has 5 heteroatoms. The zero-order chi connectivity index (χ0) is 9.90. The SMILES string of the molecule is NCC(F)(F)Cc1cncc(Br)c1. The van der Waals surface area contributed by atoms with Gasteiger partial charge in [0.05, 0.1) is 6.54 Å². The van der Waals surface area contributed by atoms with Gasteiger partial charge in [0.2, 0.25) is 0 Å². The number of nitrogens with two attached hydrogens (primary N) is 1. The van der Waals surface area contributed by atoms with Crippen LogP contribution in [-0.2, 0) is 6.42 Å². The number of pyridine rings is 1. The largest absolute Gasteiger partial charge is 0.325 e. The predicted molar refractivity (Wildman–Crippen MR) is 49.6 cm³/mol. The molecule has 72 valence electrons. The summed E-state index contributed by atoms with van der Waals surface area (Å²) in [6.07, 6.45) is 2.59. The molecular formula is C8H9BrF2N2. The first-order chi connectivity index (χ1) is 6.03.